The SMILES string of the molecule is Ic1nc(C23CC4CC(CC(C4)C2)C3)ns1. The third-order valence-electron chi connectivity index (χ3n) is 4.91. The van der Waals surface area contributed by atoms with Gasteiger partial charge in [-0.2, -0.15) is 4.37 Å². The zero-order valence-corrected chi connectivity index (χ0v) is 12.1. The van der Waals surface area contributed by atoms with Crippen molar-refractivity contribution in [2.24, 2.45) is 17.8 Å². The fourth-order valence-electron chi connectivity index (χ4n) is 4.80. The van der Waals surface area contributed by atoms with Gasteiger partial charge in [0.2, 0.25) is 0 Å². The van der Waals surface area contributed by atoms with Crippen molar-refractivity contribution in [1.29, 1.82) is 0 Å². The van der Waals surface area contributed by atoms with Crippen LogP contribution in [0, 0.1) is 20.8 Å². The Bertz CT molecular complexity index is 393. The highest BCUT2D eigenvalue weighted by atomic mass is 127. The van der Waals surface area contributed by atoms with E-state index in [1.165, 1.54) is 44.3 Å². The highest BCUT2D eigenvalue weighted by Crippen LogP contribution is 2.60. The molecule has 0 saturated heterocycles. The first-order chi connectivity index (χ1) is 7.73. The van der Waals surface area contributed by atoms with Gasteiger partial charge in [0, 0.05) is 5.41 Å². The molecule has 0 N–H and O–H groups in total. The highest BCUT2D eigenvalue weighted by Gasteiger charge is 2.53. The maximum absolute atomic E-state index is 4.69. The highest BCUT2D eigenvalue weighted by molar-refractivity contribution is 14.1. The minimum atomic E-state index is 0.397. The quantitative estimate of drug-likeness (QED) is 0.726. The Morgan fingerprint density at radius 1 is 1.06 bits per heavy atom. The number of hydrogen-bond acceptors (Lipinski definition) is 3. The summed E-state index contributed by atoms with van der Waals surface area (Å²) in [5.41, 5.74) is 0.397. The molecule has 0 spiro atoms. The average molecular weight is 346 g/mol. The summed E-state index contributed by atoms with van der Waals surface area (Å²) in [5, 5.41) is 0. The van der Waals surface area contributed by atoms with Gasteiger partial charge in [-0.25, -0.2) is 4.98 Å². The Kier molecular flexibility index (Phi) is 2.18. The van der Waals surface area contributed by atoms with Crippen LogP contribution in [0.15, 0.2) is 0 Å². The average Bonchev–Trinajstić information content (AvgIpc) is 2.63. The van der Waals surface area contributed by atoms with Crippen molar-refractivity contribution in [2.75, 3.05) is 0 Å². The molecule has 1 aromatic rings. The van der Waals surface area contributed by atoms with Gasteiger partial charge < -0.3 is 0 Å². The lowest BCUT2D eigenvalue weighted by molar-refractivity contribution is -0.00889. The number of halogens is 1. The van der Waals surface area contributed by atoms with Crippen LogP contribution in [0.3, 0.4) is 0 Å². The van der Waals surface area contributed by atoms with E-state index in [1.54, 1.807) is 11.5 Å². The van der Waals surface area contributed by atoms with Crippen molar-refractivity contribution in [3.63, 3.8) is 0 Å². The molecule has 2 nitrogen and oxygen atoms in total. The molecule has 0 atom stereocenters. The summed E-state index contributed by atoms with van der Waals surface area (Å²) in [7, 11) is 0. The van der Waals surface area contributed by atoms with Crippen LogP contribution in [0.5, 0.6) is 0 Å². The van der Waals surface area contributed by atoms with Gasteiger partial charge in [0.05, 0.1) is 0 Å². The molecule has 4 aliphatic rings. The van der Waals surface area contributed by atoms with Crippen molar-refractivity contribution in [3.05, 3.63) is 8.84 Å². The maximum atomic E-state index is 4.69. The standard InChI is InChI=1S/C12H15IN2S/c13-11-14-10(15-16-11)12-4-7-1-8(5-12)3-9(2-7)6-12/h7-9H,1-6H2. The lowest BCUT2D eigenvalue weighted by Crippen LogP contribution is -2.49. The molecule has 86 valence electrons. The molecular formula is C12H15IN2S. The second kappa shape index (κ2) is 3.40. The lowest BCUT2D eigenvalue weighted by atomic mass is 9.49. The lowest BCUT2D eigenvalue weighted by Gasteiger charge is -2.55. The van der Waals surface area contributed by atoms with E-state index >= 15 is 0 Å². The van der Waals surface area contributed by atoms with Crippen LogP contribution in [0.25, 0.3) is 0 Å². The van der Waals surface area contributed by atoms with Gasteiger partial charge >= 0.3 is 0 Å². The van der Waals surface area contributed by atoms with Crippen molar-refractivity contribution in [1.82, 2.24) is 9.36 Å². The first kappa shape index (κ1) is 10.2. The second-order valence-electron chi connectivity index (χ2n) is 6.07. The summed E-state index contributed by atoms with van der Waals surface area (Å²) in [6, 6.07) is 0. The summed E-state index contributed by atoms with van der Waals surface area (Å²) >= 11 is 3.88. The van der Waals surface area contributed by atoms with E-state index < -0.39 is 0 Å². The first-order valence-electron chi connectivity index (χ1n) is 6.23. The Morgan fingerprint density at radius 2 is 1.62 bits per heavy atom. The summed E-state index contributed by atoms with van der Waals surface area (Å²) < 4.78 is 5.74. The van der Waals surface area contributed by atoms with Gasteiger partial charge in [-0.1, -0.05) is 0 Å². The van der Waals surface area contributed by atoms with Crippen LogP contribution in [0.2, 0.25) is 0 Å². The summed E-state index contributed by atoms with van der Waals surface area (Å²) in [6.07, 6.45) is 8.64. The summed E-state index contributed by atoms with van der Waals surface area (Å²) in [5.74, 6) is 4.17. The number of hydrogen-bond donors (Lipinski definition) is 0. The van der Waals surface area contributed by atoms with Gasteiger partial charge in [0.25, 0.3) is 0 Å². The molecule has 0 radical (unpaired) electrons. The fourth-order valence-corrected chi connectivity index (χ4v) is 5.85. The molecule has 0 aromatic carbocycles. The summed E-state index contributed by atoms with van der Waals surface area (Å²) in [6.45, 7) is 0. The number of rotatable bonds is 1. The van der Waals surface area contributed by atoms with E-state index in [0.717, 1.165) is 20.8 Å². The topological polar surface area (TPSA) is 25.8 Å². The molecule has 0 aliphatic heterocycles. The van der Waals surface area contributed by atoms with Gasteiger partial charge in [-0.15, -0.1) is 0 Å². The molecule has 4 saturated carbocycles. The first-order valence-corrected chi connectivity index (χ1v) is 8.08. The Morgan fingerprint density at radius 3 is 2.06 bits per heavy atom. The molecule has 4 aliphatic carbocycles. The molecule has 5 rings (SSSR count). The predicted octanol–water partition coefficient (Wildman–Crippen LogP) is 3.61. The zero-order valence-electron chi connectivity index (χ0n) is 9.16. The third-order valence-corrected chi connectivity index (χ3v) is 6.25. The predicted molar refractivity (Wildman–Crippen MR) is 72.5 cm³/mol. The van der Waals surface area contributed by atoms with Gasteiger partial charge in [0.1, 0.15) is 5.82 Å². The normalized spacial score (nSPS) is 45.2. The van der Waals surface area contributed by atoms with Gasteiger partial charge in [-0.3, -0.25) is 0 Å². The Hall–Kier alpha value is 0.290. The van der Waals surface area contributed by atoms with E-state index in [-0.39, 0.29) is 0 Å². The molecule has 16 heavy (non-hydrogen) atoms. The Balaban J connectivity index is 1.76. The van der Waals surface area contributed by atoms with Crippen LogP contribution >= 0.6 is 34.1 Å². The van der Waals surface area contributed by atoms with E-state index in [1.807, 2.05) is 0 Å². The van der Waals surface area contributed by atoms with Crippen LogP contribution < -0.4 is 0 Å². The van der Waals surface area contributed by atoms with Gasteiger partial charge in [-0.05, 0) is 90.4 Å². The molecule has 1 aromatic heterocycles. The smallest absolute Gasteiger partial charge is 0.173 e. The van der Waals surface area contributed by atoms with E-state index in [4.69, 9.17) is 4.98 Å². The molecule has 4 fully saturated rings. The van der Waals surface area contributed by atoms with Crippen molar-refractivity contribution < 1.29 is 0 Å². The van der Waals surface area contributed by atoms with Crippen LogP contribution in [0.1, 0.15) is 44.3 Å². The largest absolute Gasteiger partial charge is 0.213 e. The minimum absolute atomic E-state index is 0.397. The molecule has 0 unspecified atom stereocenters. The van der Waals surface area contributed by atoms with E-state index in [0.29, 0.717) is 5.41 Å². The molecule has 0 amide bonds. The maximum Gasteiger partial charge on any atom is 0.173 e. The number of nitrogens with zero attached hydrogens (tertiary/aromatic N) is 2. The van der Waals surface area contributed by atoms with E-state index in [9.17, 15) is 0 Å². The number of aromatic nitrogens is 2. The molecule has 1 heterocycles. The summed E-state index contributed by atoms with van der Waals surface area (Å²) in [4.78, 5) is 4.69. The zero-order chi connectivity index (χ0) is 10.8. The minimum Gasteiger partial charge on any atom is -0.213 e. The fraction of sp³-hybridized carbons (Fsp3) is 0.833. The molecule has 4 heteroatoms. The third kappa shape index (κ3) is 1.41. The molecular weight excluding hydrogens is 331 g/mol. The van der Waals surface area contributed by atoms with E-state index in [2.05, 4.69) is 27.0 Å². The monoisotopic (exact) mass is 346 g/mol. The molecule has 4 bridgehead atoms. The van der Waals surface area contributed by atoms with Crippen LogP contribution in [0.4, 0.5) is 0 Å². The van der Waals surface area contributed by atoms with Crippen molar-refractivity contribution >= 4 is 34.1 Å². The second-order valence-corrected chi connectivity index (χ2v) is 8.57. The van der Waals surface area contributed by atoms with Gasteiger partial charge in [0.15, 0.2) is 3.01 Å². The van der Waals surface area contributed by atoms with Crippen LogP contribution in [-0.4, -0.2) is 9.36 Å². The van der Waals surface area contributed by atoms with Crippen molar-refractivity contribution in [2.45, 2.75) is 43.9 Å². The Labute approximate surface area is 114 Å². The van der Waals surface area contributed by atoms with Crippen molar-refractivity contribution in [3.8, 4) is 0 Å². The van der Waals surface area contributed by atoms with Crippen LogP contribution in [-0.2, 0) is 5.41 Å².